The fraction of sp³-hybridized carbons (Fsp3) is 0.387. The zero-order valence-corrected chi connectivity index (χ0v) is 23.7. The van der Waals surface area contributed by atoms with Crippen LogP contribution in [0.1, 0.15) is 30.9 Å². The third-order valence-corrected chi connectivity index (χ3v) is 8.86. The molecule has 2 aromatic carbocycles. The van der Waals surface area contributed by atoms with E-state index in [9.17, 15) is 14.0 Å². The number of halogens is 2. The molecule has 2 fully saturated rings. The Kier molecular flexibility index (Phi) is 7.84. The first-order valence-corrected chi connectivity index (χ1v) is 13.9. The minimum atomic E-state index is -1.23. The van der Waals surface area contributed by atoms with Crippen LogP contribution in [-0.2, 0) is 10.2 Å². The van der Waals surface area contributed by atoms with Gasteiger partial charge in [0.2, 0.25) is 0 Å². The number of pyridine rings is 1. The number of carbonyl (C=O) groups is 2. The molecule has 9 heteroatoms. The summed E-state index contributed by atoms with van der Waals surface area (Å²) in [6.07, 6.45) is 2.47. The number of hydrogen-bond acceptors (Lipinski definition) is 6. The monoisotopic (exact) mass is 564 g/mol. The predicted molar refractivity (Wildman–Crippen MR) is 154 cm³/mol. The van der Waals surface area contributed by atoms with Crippen LogP contribution >= 0.6 is 11.6 Å². The summed E-state index contributed by atoms with van der Waals surface area (Å²) < 4.78 is 19.1. The number of likely N-dealkylation sites (N-methyl/N-ethyl adjacent to an activating group) is 1. The van der Waals surface area contributed by atoms with Gasteiger partial charge in [0.25, 0.3) is 0 Å². The molecule has 0 saturated carbocycles. The molecule has 0 radical (unpaired) electrons. The highest BCUT2D eigenvalue weighted by Gasteiger charge is 2.62. The SMILES string of the molecule is Cc1ccc(N2CCC(C(=O)[C@@]3(N(C)C(=O)Oc4ccc(F)cc4)CNC[C@@]3(C)c3ccc(Cl)cc3)CC2)nc1. The highest BCUT2D eigenvalue weighted by molar-refractivity contribution is 6.30. The molecule has 1 aromatic heterocycles. The molecule has 40 heavy (non-hydrogen) atoms. The van der Waals surface area contributed by atoms with Crippen molar-refractivity contribution in [3.05, 3.63) is 88.8 Å². The van der Waals surface area contributed by atoms with Gasteiger partial charge in [-0.05, 0) is 73.4 Å². The van der Waals surface area contributed by atoms with E-state index in [4.69, 9.17) is 16.3 Å². The summed E-state index contributed by atoms with van der Waals surface area (Å²) >= 11 is 6.20. The topological polar surface area (TPSA) is 74.8 Å². The molecular formula is C31H34ClFN4O3. The fourth-order valence-electron chi connectivity index (χ4n) is 6.19. The Morgan fingerprint density at radius 1 is 1.05 bits per heavy atom. The number of Topliss-reactive ketones (excluding diaryl/α,β-unsaturated/α-hetero) is 1. The number of ketones is 1. The van der Waals surface area contributed by atoms with Crippen molar-refractivity contribution >= 4 is 29.3 Å². The number of benzene rings is 2. The fourth-order valence-corrected chi connectivity index (χ4v) is 6.32. The van der Waals surface area contributed by atoms with Crippen LogP contribution in [0.15, 0.2) is 66.9 Å². The predicted octanol–water partition coefficient (Wildman–Crippen LogP) is 5.40. The summed E-state index contributed by atoms with van der Waals surface area (Å²) in [5, 5.41) is 4.00. The number of aryl methyl sites for hydroxylation is 1. The molecule has 5 rings (SSSR count). The summed E-state index contributed by atoms with van der Waals surface area (Å²) in [5.74, 6) is 0.431. The molecule has 7 nitrogen and oxygen atoms in total. The van der Waals surface area contributed by atoms with E-state index in [1.165, 1.54) is 29.2 Å². The van der Waals surface area contributed by atoms with Crippen LogP contribution in [0.3, 0.4) is 0 Å². The van der Waals surface area contributed by atoms with Gasteiger partial charge in [-0.1, -0.05) is 36.7 Å². The van der Waals surface area contributed by atoms with E-state index in [1.807, 2.05) is 44.3 Å². The average Bonchev–Trinajstić information content (AvgIpc) is 3.32. The highest BCUT2D eigenvalue weighted by Crippen LogP contribution is 2.46. The van der Waals surface area contributed by atoms with Crippen LogP contribution in [0.4, 0.5) is 15.0 Å². The van der Waals surface area contributed by atoms with E-state index in [-0.39, 0.29) is 24.0 Å². The molecule has 210 valence electrons. The van der Waals surface area contributed by atoms with Crippen molar-refractivity contribution in [2.24, 2.45) is 5.92 Å². The summed E-state index contributed by atoms with van der Waals surface area (Å²) in [7, 11) is 1.62. The lowest BCUT2D eigenvalue weighted by molar-refractivity contribution is -0.136. The minimum absolute atomic E-state index is 0.00465. The zero-order chi connectivity index (χ0) is 28.5. The van der Waals surface area contributed by atoms with E-state index >= 15 is 0 Å². The molecule has 2 aliphatic heterocycles. The maximum absolute atomic E-state index is 14.7. The van der Waals surface area contributed by atoms with Crippen molar-refractivity contribution in [3.8, 4) is 5.75 Å². The second-order valence-corrected chi connectivity index (χ2v) is 11.4. The molecule has 0 unspecified atom stereocenters. The third-order valence-electron chi connectivity index (χ3n) is 8.61. The zero-order valence-electron chi connectivity index (χ0n) is 23.0. The molecule has 2 atom stereocenters. The number of hydrogen-bond donors (Lipinski definition) is 1. The number of amides is 1. The smallest absolute Gasteiger partial charge is 0.410 e. The second-order valence-electron chi connectivity index (χ2n) is 11.0. The Bertz CT molecular complexity index is 1360. The first-order chi connectivity index (χ1) is 19.1. The van der Waals surface area contributed by atoms with E-state index in [2.05, 4.69) is 15.2 Å². The Balaban J connectivity index is 1.46. The Labute approximate surface area is 239 Å². The van der Waals surface area contributed by atoms with Crippen LogP contribution in [-0.4, -0.2) is 60.5 Å². The van der Waals surface area contributed by atoms with Crippen LogP contribution in [0, 0.1) is 18.7 Å². The minimum Gasteiger partial charge on any atom is -0.410 e. The average molecular weight is 565 g/mol. The van der Waals surface area contributed by atoms with Crippen molar-refractivity contribution < 1.29 is 18.7 Å². The number of anilines is 1. The van der Waals surface area contributed by atoms with E-state index in [1.54, 1.807) is 19.2 Å². The van der Waals surface area contributed by atoms with Gasteiger partial charge in [0.1, 0.15) is 22.9 Å². The quantitative estimate of drug-likeness (QED) is 0.432. The number of aromatic nitrogens is 1. The van der Waals surface area contributed by atoms with Gasteiger partial charge in [-0.25, -0.2) is 14.2 Å². The standard InChI is InChI=1S/C31H34ClFN4O3/c1-21-4-13-27(35-18-21)37-16-14-22(15-17-37)28(38)31(36(3)29(39)40-26-11-9-25(33)10-12-26)20-34-19-30(31,2)23-5-7-24(32)8-6-23/h4-13,18,22,34H,14-17,19-20H2,1-3H3/t30-,31-/m0/s1. The summed E-state index contributed by atoms with van der Waals surface area (Å²) in [4.78, 5) is 36.5. The van der Waals surface area contributed by atoms with E-state index < -0.39 is 22.9 Å². The highest BCUT2D eigenvalue weighted by atomic mass is 35.5. The largest absolute Gasteiger partial charge is 0.415 e. The molecule has 3 heterocycles. The number of ether oxygens (including phenoxy) is 1. The van der Waals surface area contributed by atoms with E-state index in [0.717, 1.165) is 16.9 Å². The summed E-state index contributed by atoms with van der Waals surface area (Å²) in [6.45, 7) is 6.17. The summed E-state index contributed by atoms with van der Waals surface area (Å²) in [5.41, 5.74) is 0.00726. The van der Waals surface area contributed by atoms with Gasteiger partial charge in [0, 0.05) is 55.8 Å². The molecule has 1 N–H and O–H groups in total. The first kappa shape index (κ1) is 28.1. The van der Waals surface area contributed by atoms with Gasteiger partial charge in [-0.2, -0.15) is 0 Å². The van der Waals surface area contributed by atoms with Crippen LogP contribution in [0.25, 0.3) is 0 Å². The summed E-state index contributed by atoms with van der Waals surface area (Å²) in [6, 6.07) is 16.8. The molecule has 2 saturated heterocycles. The maximum Gasteiger partial charge on any atom is 0.415 e. The Hall–Kier alpha value is -3.49. The Morgan fingerprint density at radius 2 is 1.73 bits per heavy atom. The number of carbonyl (C=O) groups excluding carboxylic acids is 2. The normalized spacial score (nSPS) is 23.2. The first-order valence-electron chi connectivity index (χ1n) is 13.5. The van der Waals surface area contributed by atoms with Crippen LogP contribution < -0.4 is 15.0 Å². The van der Waals surface area contributed by atoms with Gasteiger partial charge in [-0.3, -0.25) is 9.69 Å². The van der Waals surface area contributed by atoms with Gasteiger partial charge in [0.05, 0.1) is 0 Å². The van der Waals surface area contributed by atoms with Crippen molar-refractivity contribution in [1.82, 2.24) is 15.2 Å². The lowest BCUT2D eigenvalue weighted by atomic mass is 9.63. The van der Waals surface area contributed by atoms with Gasteiger partial charge in [0.15, 0.2) is 5.78 Å². The second kappa shape index (κ2) is 11.2. The molecule has 0 spiro atoms. The third kappa shape index (κ3) is 5.06. The lowest BCUT2D eigenvalue weighted by Gasteiger charge is -2.49. The molecule has 1 amide bonds. The van der Waals surface area contributed by atoms with Gasteiger partial charge >= 0.3 is 6.09 Å². The van der Waals surface area contributed by atoms with Crippen molar-refractivity contribution in [2.45, 2.75) is 37.6 Å². The Morgan fingerprint density at radius 3 is 2.35 bits per heavy atom. The van der Waals surface area contributed by atoms with Crippen LogP contribution in [0.5, 0.6) is 5.75 Å². The number of nitrogens with one attached hydrogen (secondary N) is 1. The maximum atomic E-state index is 14.7. The number of rotatable bonds is 6. The van der Waals surface area contributed by atoms with E-state index in [0.29, 0.717) is 37.5 Å². The van der Waals surface area contributed by atoms with Crippen molar-refractivity contribution in [1.29, 1.82) is 0 Å². The van der Waals surface area contributed by atoms with Gasteiger partial charge in [-0.15, -0.1) is 0 Å². The van der Waals surface area contributed by atoms with Crippen molar-refractivity contribution in [3.63, 3.8) is 0 Å². The lowest BCUT2D eigenvalue weighted by Crippen LogP contribution is -2.68. The van der Waals surface area contributed by atoms with Crippen LogP contribution in [0.2, 0.25) is 5.02 Å². The van der Waals surface area contributed by atoms with Gasteiger partial charge < -0.3 is 15.0 Å². The molecule has 3 aromatic rings. The molecule has 0 bridgehead atoms. The molecule has 2 aliphatic rings. The molecular weight excluding hydrogens is 531 g/mol. The van der Waals surface area contributed by atoms with Crippen molar-refractivity contribution in [2.75, 3.05) is 38.1 Å². The molecule has 0 aliphatic carbocycles. The number of piperidine rings is 1. The number of nitrogens with zero attached hydrogens (tertiary/aromatic N) is 3.